The van der Waals surface area contributed by atoms with Gasteiger partial charge in [-0.1, -0.05) is 0 Å². The average Bonchev–Trinajstić information content (AvgIpc) is 2.06. The number of rotatable bonds is 2. The van der Waals surface area contributed by atoms with Crippen molar-refractivity contribution >= 4 is 9.84 Å². The summed E-state index contributed by atoms with van der Waals surface area (Å²) in [6, 6.07) is 0. The van der Waals surface area contributed by atoms with Crippen molar-refractivity contribution in [3.8, 4) is 0 Å². The molecule has 0 bridgehead atoms. The molecule has 0 aromatic heterocycles. The zero-order valence-corrected chi connectivity index (χ0v) is 7.81. The zero-order valence-electron chi connectivity index (χ0n) is 6.99. The quantitative estimate of drug-likeness (QED) is 0.597. The van der Waals surface area contributed by atoms with Gasteiger partial charge in [0.2, 0.25) is 0 Å². The number of nitrogens with two attached hydrogens (primary N) is 1. The van der Waals surface area contributed by atoms with Gasteiger partial charge in [-0.3, -0.25) is 0 Å². The SMILES string of the molecule is NCC1(CO)CCS(=O)(=O)CC1. The van der Waals surface area contributed by atoms with E-state index in [0.717, 1.165) is 0 Å². The lowest BCUT2D eigenvalue weighted by molar-refractivity contribution is 0.120. The smallest absolute Gasteiger partial charge is 0.150 e. The highest BCUT2D eigenvalue weighted by atomic mass is 32.2. The molecule has 12 heavy (non-hydrogen) atoms. The summed E-state index contributed by atoms with van der Waals surface area (Å²) in [6.45, 7) is 0.373. The maximum atomic E-state index is 11.0. The summed E-state index contributed by atoms with van der Waals surface area (Å²) in [5.41, 5.74) is 5.15. The van der Waals surface area contributed by atoms with Crippen LogP contribution in [0.1, 0.15) is 12.8 Å². The molecular weight excluding hydrogens is 178 g/mol. The first kappa shape index (κ1) is 9.95. The molecule has 0 radical (unpaired) electrons. The minimum Gasteiger partial charge on any atom is -0.396 e. The molecule has 0 atom stereocenters. The van der Waals surface area contributed by atoms with Crippen LogP contribution < -0.4 is 5.73 Å². The topological polar surface area (TPSA) is 80.4 Å². The predicted molar refractivity (Wildman–Crippen MR) is 46.5 cm³/mol. The highest BCUT2D eigenvalue weighted by Crippen LogP contribution is 2.30. The zero-order chi connectivity index (χ0) is 9.24. The van der Waals surface area contributed by atoms with Gasteiger partial charge >= 0.3 is 0 Å². The summed E-state index contributed by atoms with van der Waals surface area (Å²) < 4.78 is 22.1. The van der Waals surface area contributed by atoms with Crippen molar-refractivity contribution in [2.24, 2.45) is 11.1 Å². The Bertz CT molecular complexity index is 227. The Labute approximate surface area is 72.7 Å². The second-order valence-corrected chi connectivity index (χ2v) is 5.82. The molecule has 0 spiro atoms. The molecule has 0 aliphatic carbocycles. The fraction of sp³-hybridized carbons (Fsp3) is 1.00. The molecule has 1 saturated heterocycles. The molecule has 0 amide bonds. The van der Waals surface area contributed by atoms with Crippen molar-refractivity contribution in [3.63, 3.8) is 0 Å². The summed E-state index contributed by atoms with van der Waals surface area (Å²) in [7, 11) is -2.84. The summed E-state index contributed by atoms with van der Waals surface area (Å²) in [5, 5.41) is 9.04. The third-order valence-corrected chi connectivity index (χ3v) is 4.31. The van der Waals surface area contributed by atoms with Gasteiger partial charge in [-0.2, -0.15) is 0 Å². The maximum absolute atomic E-state index is 11.0. The van der Waals surface area contributed by atoms with Crippen LogP contribution in [-0.2, 0) is 9.84 Å². The van der Waals surface area contributed by atoms with Gasteiger partial charge in [0.25, 0.3) is 0 Å². The molecule has 3 N–H and O–H groups in total. The highest BCUT2D eigenvalue weighted by molar-refractivity contribution is 7.91. The van der Waals surface area contributed by atoms with Gasteiger partial charge in [0.15, 0.2) is 0 Å². The Morgan fingerprint density at radius 2 is 1.83 bits per heavy atom. The molecule has 0 aromatic rings. The molecule has 0 unspecified atom stereocenters. The first-order valence-electron chi connectivity index (χ1n) is 4.05. The van der Waals surface area contributed by atoms with Gasteiger partial charge in [0.05, 0.1) is 11.5 Å². The van der Waals surface area contributed by atoms with Crippen LogP contribution >= 0.6 is 0 Å². The van der Waals surface area contributed by atoms with Crippen molar-refractivity contribution in [1.29, 1.82) is 0 Å². The lowest BCUT2D eigenvalue weighted by Crippen LogP contribution is -2.41. The maximum Gasteiger partial charge on any atom is 0.150 e. The van der Waals surface area contributed by atoms with Crippen LogP contribution in [0, 0.1) is 5.41 Å². The molecule has 1 aliphatic heterocycles. The van der Waals surface area contributed by atoms with E-state index in [1.165, 1.54) is 0 Å². The van der Waals surface area contributed by atoms with Crippen LogP contribution in [0.3, 0.4) is 0 Å². The average molecular weight is 193 g/mol. The molecule has 0 aromatic carbocycles. The number of aliphatic hydroxyl groups excluding tert-OH is 1. The van der Waals surface area contributed by atoms with Crippen LogP contribution in [0.5, 0.6) is 0 Å². The van der Waals surface area contributed by atoms with Crippen LogP contribution in [0.15, 0.2) is 0 Å². The first-order chi connectivity index (χ1) is 5.54. The lowest BCUT2D eigenvalue weighted by Gasteiger charge is -2.33. The third-order valence-electron chi connectivity index (χ3n) is 2.66. The monoisotopic (exact) mass is 193 g/mol. The van der Waals surface area contributed by atoms with E-state index in [4.69, 9.17) is 10.8 Å². The van der Waals surface area contributed by atoms with E-state index in [1.807, 2.05) is 0 Å². The van der Waals surface area contributed by atoms with Crippen LogP contribution in [0.4, 0.5) is 0 Å². The Hall–Kier alpha value is -0.130. The molecular formula is C7H15NO3S. The van der Waals surface area contributed by atoms with E-state index in [9.17, 15) is 8.42 Å². The van der Waals surface area contributed by atoms with E-state index in [0.29, 0.717) is 19.4 Å². The van der Waals surface area contributed by atoms with Crippen molar-refractivity contribution in [2.75, 3.05) is 24.7 Å². The van der Waals surface area contributed by atoms with Crippen LogP contribution in [-0.4, -0.2) is 38.2 Å². The summed E-state index contributed by atoms with van der Waals surface area (Å²) >= 11 is 0. The normalized spacial score (nSPS) is 26.8. The van der Waals surface area contributed by atoms with Gasteiger partial charge in [-0.05, 0) is 12.8 Å². The molecule has 0 saturated carbocycles. The van der Waals surface area contributed by atoms with E-state index >= 15 is 0 Å². The molecule has 1 rings (SSSR count). The largest absolute Gasteiger partial charge is 0.396 e. The third kappa shape index (κ3) is 1.97. The van der Waals surface area contributed by atoms with E-state index in [1.54, 1.807) is 0 Å². The Morgan fingerprint density at radius 3 is 2.17 bits per heavy atom. The molecule has 5 heteroatoms. The predicted octanol–water partition coefficient (Wildman–Crippen LogP) is -0.868. The van der Waals surface area contributed by atoms with Crippen molar-refractivity contribution in [3.05, 3.63) is 0 Å². The van der Waals surface area contributed by atoms with Crippen molar-refractivity contribution < 1.29 is 13.5 Å². The molecule has 1 fully saturated rings. The van der Waals surface area contributed by atoms with Gasteiger partial charge in [-0.25, -0.2) is 8.42 Å². The standard InChI is InChI=1S/C7H15NO3S/c8-5-7(6-9)1-3-12(10,11)4-2-7/h9H,1-6,8H2. The Morgan fingerprint density at radius 1 is 1.33 bits per heavy atom. The summed E-state index contributed by atoms with van der Waals surface area (Å²) in [6.07, 6.45) is 1.00. The van der Waals surface area contributed by atoms with Crippen LogP contribution in [0.2, 0.25) is 0 Å². The Kier molecular flexibility index (Phi) is 2.75. The van der Waals surface area contributed by atoms with Gasteiger partial charge in [0.1, 0.15) is 9.84 Å². The van der Waals surface area contributed by atoms with Crippen LogP contribution in [0.25, 0.3) is 0 Å². The summed E-state index contributed by atoms with van der Waals surface area (Å²) in [5.74, 6) is 0.343. The minimum absolute atomic E-state index is 0.000972. The highest BCUT2D eigenvalue weighted by Gasteiger charge is 2.35. The fourth-order valence-corrected chi connectivity index (χ4v) is 3.09. The fourth-order valence-electron chi connectivity index (χ4n) is 1.40. The van der Waals surface area contributed by atoms with Crippen molar-refractivity contribution in [1.82, 2.24) is 0 Å². The number of sulfone groups is 1. The molecule has 72 valence electrons. The number of hydrogen-bond acceptors (Lipinski definition) is 4. The van der Waals surface area contributed by atoms with Gasteiger partial charge < -0.3 is 10.8 Å². The Balaban J connectivity index is 2.66. The minimum atomic E-state index is -2.84. The number of aliphatic hydroxyl groups is 1. The van der Waals surface area contributed by atoms with E-state index in [2.05, 4.69) is 0 Å². The van der Waals surface area contributed by atoms with Gasteiger partial charge in [-0.15, -0.1) is 0 Å². The summed E-state index contributed by atoms with van der Waals surface area (Å²) in [4.78, 5) is 0. The lowest BCUT2D eigenvalue weighted by atomic mass is 9.83. The second kappa shape index (κ2) is 3.32. The number of hydrogen-bond donors (Lipinski definition) is 2. The second-order valence-electron chi connectivity index (χ2n) is 3.51. The van der Waals surface area contributed by atoms with E-state index < -0.39 is 9.84 Å². The first-order valence-corrected chi connectivity index (χ1v) is 5.87. The van der Waals surface area contributed by atoms with E-state index in [-0.39, 0.29) is 23.5 Å². The molecule has 1 aliphatic rings. The molecule has 1 heterocycles. The van der Waals surface area contributed by atoms with Gasteiger partial charge in [0, 0.05) is 18.6 Å². The van der Waals surface area contributed by atoms with Crippen molar-refractivity contribution in [2.45, 2.75) is 12.8 Å². The molecule has 4 nitrogen and oxygen atoms in total.